The Bertz CT molecular complexity index is 673. The Kier molecular flexibility index (Phi) is 5.69. The summed E-state index contributed by atoms with van der Waals surface area (Å²) in [6.07, 6.45) is 6.68. The quantitative estimate of drug-likeness (QED) is 0.777. The van der Waals surface area contributed by atoms with E-state index < -0.39 is 5.97 Å². The fourth-order valence-corrected chi connectivity index (χ4v) is 3.72. The first-order valence-corrected chi connectivity index (χ1v) is 9.17. The normalized spacial score (nSPS) is 20.5. The van der Waals surface area contributed by atoms with E-state index in [-0.39, 0.29) is 12.0 Å². The van der Waals surface area contributed by atoms with Gasteiger partial charge in [-0.15, -0.1) is 11.8 Å². The minimum atomic E-state index is -0.674. The van der Waals surface area contributed by atoms with Crippen LogP contribution in [0.2, 0.25) is 0 Å². The highest BCUT2D eigenvalue weighted by molar-refractivity contribution is 7.98. The summed E-state index contributed by atoms with van der Waals surface area (Å²) >= 11 is 1.66. The number of aromatic nitrogens is 2. The van der Waals surface area contributed by atoms with Gasteiger partial charge in [0.15, 0.2) is 0 Å². The van der Waals surface area contributed by atoms with Gasteiger partial charge in [-0.1, -0.05) is 30.3 Å². The number of rotatable bonds is 6. The highest BCUT2D eigenvalue weighted by Gasteiger charge is 2.25. The monoisotopic (exact) mass is 343 g/mol. The summed E-state index contributed by atoms with van der Waals surface area (Å²) in [4.78, 5) is 19.9. The Morgan fingerprint density at radius 2 is 1.92 bits per heavy atom. The Hall–Kier alpha value is -2.08. The van der Waals surface area contributed by atoms with E-state index in [4.69, 9.17) is 5.11 Å². The predicted octanol–water partition coefficient (Wildman–Crippen LogP) is 3.82. The van der Waals surface area contributed by atoms with Gasteiger partial charge in [0.1, 0.15) is 10.8 Å². The molecule has 5 nitrogen and oxygen atoms in total. The molecule has 0 radical (unpaired) electrons. The molecule has 0 unspecified atom stereocenters. The van der Waals surface area contributed by atoms with Crippen molar-refractivity contribution in [2.45, 2.75) is 42.5 Å². The number of carboxylic acid groups (broad SMARTS) is 1. The van der Waals surface area contributed by atoms with Crippen molar-refractivity contribution in [3.63, 3.8) is 0 Å². The number of carboxylic acids is 1. The Balaban J connectivity index is 1.53. The van der Waals surface area contributed by atoms with Gasteiger partial charge in [0.25, 0.3) is 0 Å². The Morgan fingerprint density at radius 1 is 1.17 bits per heavy atom. The summed E-state index contributed by atoms with van der Waals surface area (Å²) < 4.78 is 0. The molecule has 24 heavy (non-hydrogen) atoms. The minimum absolute atomic E-state index is 0.193. The summed E-state index contributed by atoms with van der Waals surface area (Å²) in [6.45, 7) is 0. The first-order chi connectivity index (χ1) is 11.7. The molecule has 0 amide bonds. The van der Waals surface area contributed by atoms with E-state index >= 15 is 0 Å². The van der Waals surface area contributed by atoms with Crippen LogP contribution in [0.1, 0.15) is 31.2 Å². The molecular weight excluding hydrogens is 322 g/mol. The molecule has 0 aliphatic heterocycles. The van der Waals surface area contributed by atoms with Gasteiger partial charge >= 0.3 is 5.97 Å². The van der Waals surface area contributed by atoms with Gasteiger partial charge in [0, 0.05) is 11.8 Å². The third kappa shape index (κ3) is 4.71. The van der Waals surface area contributed by atoms with Crippen molar-refractivity contribution in [1.29, 1.82) is 0 Å². The highest BCUT2D eigenvalue weighted by Crippen LogP contribution is 2.27. The Labute approximate surface area is 145 Å². The van der Waals surface area contributed by atoms with Crippen LogP contribution in [0.15, 0.2) is 47.8 Å². The first-order valence-electron chi connectivity index (χ1n) is 8.19. The predicted molar refractivity (Wildman–Crippen MR) is 95.0 cm³/mol. The van der Waals surface area contributed by atoms with Gasteiger partial charge in [-0.25, -0.2) is 4.98 Å². The van der Waals surface area contributed by atoms with Crippen LogP contribution in [-0.4, -0.2) is 27.1 Å². The van der Waals surface area contributed by atoms with E-state index in [0.717, 1.165) is 42.3 Å². The second kappa shape index (κ2) is 8.15. The molecule has 1 aliphatic rings. The Morgan fingerprint density at radius 3 is 2.62 bits per heavy atom. The number of thioether (sulfide) groups is 1. The molecule has 1 saturated carbocycles. The summed E-state index contributed by atoms with van der Waals surface area (Å²) in [5.41, 5.74) is 1.26. The number of hydrogen-bond donors (Lipinski definition) is 2. The second-order valence-electron chi connectivity index (χ2n) is 6.05. The highest BCUT2D eigenvalue weighted by atomic mass is 32.2. The van der Waals surface area contributed by atoms with Crippen molar-refractivity contribution >= 4 is 23.5 Å². The average Bonchev–Trinajstić information content (AvgIpc) is 2.62. The van der Waals surface area contributed by atoms with E-state index in [2.05, 4.69) is 27.4 Å². The van der Waals surface area contributed by atoms with Crippen molar-refractivity contribution < 1.29 is 9.90 Å². The van der Waals surface area contributed by atoms with Gasteiger partial charge in [-0.3, -0.25) is 9.78 Å². The number of anilines is 1. The molecule has 0 bridgehead atoms. The third-order valence-corrected chi connectivity index (χ3v) is 5.24. The van der Waals surface area contributed by atoms with Crippen LogP contribution in [0, 0.1) is 5.92 Å². The first kappa shape index (κ1) is 16.8. The van der Waals surface area contributed by atoms with Gasteiger partial charge in [-0.2, -0.15) is 0 Å². The minimum Gasteiger partial charge on any atom is -0.481 e. The maximum atomic E-state index is 11.0. The maximum absolute atomic E-state index is 11.0. The van der Waals surface area contributed by atoms with E-state index in [1.165, 1.54) is 5.56 Å². The maximum Gasteiger partial charge on any atom is 0.306 e. The number of hydrogen-bond acceptors (Lipinski definition) is 5. The van der Waals surface area contributed by atoms with E-state index in [1.807, 2.05) is 18.2 Å². The van der Waals surface area contributed by atoms with Crippen LogP contribution in [0.25, 0.3) is 0 Å². The lowest BCUT2D eigenvalue weighted by Gasteiger charge is -2.27. The fourth-order valence-electron chi connectivity index (χ4n) is 2.91. The molecule has 2 N–H and O–H groups in total. The molecule has 0 atom stereocenters. The molecular formula is C18H21N3O2S. The molecule has 0 spiro atoms. The summed E-state index contributed by atoms with van der Waals surface area (Å²) in [6, 6.07) is 10.6. The zero-order chi connectivity index (χ0) is 16.8. The average molecular weight is 343 g/mol. The lowest BCUT2D eigenvalue weighted by atomic mass is 9.86. The molecule has 1 aromatic carbocycles. The molecule has 0 saturated heterocycles. The van der Waals surface area contributed by atoms with Gasteiger partial charge in [0.05, 0.1) is 18.3 Å². The zero-order valence-corrected chi connectivity index (χ0v) is 14.2. The molecule has 2 aromatic rings. The van der Waals surface area contributed by atoms with Crippen LogP contribution in [0.4, 0.5) is 5.82 Å². The van der Waals surface area contributed by atoms with E-state index in [0.29, 0.717) is 0 Å². The van der Waals surface area contributed by atoms with Crippen molar-refractivity contribution in [1.82, 2.24) is 9.97 Å². The van der Waals surface area contributed by atoms with Crippen molar-refractivity contribution in [2.24, 2.45) is 5.92 Å². The molecule has 6 heteroatoms. The largest absolute Gasteiger partial charge is 0.481 e. The number of benzene rings is 1. The van der Waals surface area contributed by atoms with Crippen molar-refractivity contribution in [3.8, 4) is 0 Å². The van der Waals surface area contributed by atoms with Crippen LogP contribution >= 0.6 is 11.8 Å². The molecule has 126 valence electrons. The lowest BCUT2D eigenvalue weighted by Crippen LogP contribution is -2.29. The fraction of sp³-hybridized carbons (Fsp3) is 0.389. The molecule has 1 fully saturated rings. The van der Waals surface area contributed by atoms with Gasteiger partial charge < -0.3 is 10.4 Å². The third-order valence-electron chi connectivity index (χ3n) is 4.27. The lowest BCUT2D eigenvalue weighted by molar-refractivity contribution is -0.142. The molecule has 1 heterocycles. The summed E-state index contributed by atoms with van der Waals surface area (Å²) in [5, 5.41) is 13.3. The SMILES string of the molecule is O=C(O)C1CCC(Nc2cncc(SCc3ccccc3)n2)CC1. The molecule has 1 aliphatic carbocycles. The second-order valence-corrected chi connectivity index (χ2v) is 7.04. The molecule has 3 rings (SSSR count). The number of nitrogens with one attached hydrogen (secondary N) is 1. The van der Waals surface area contributed by atoms with Crippen LogP contribution < -0.4 is 5.32 Å². The zero-order valence-electron chi connectivity index (χ0n) is 13.4. The topological polar surface area (TPSA) is 75.1 Å². The number of carbonyl (C=O) groups is 1. The van der Waals surface area contributed by atoms with Gasteiger partial charge in [-0.05, 0) is 31.2 Å². The van der Waals surface area contributed by atoms with E-state index in [9.17, 15) is 4.79 Å². The van der Waals surface area contributed by atoms with Crippen LogP contribution in [0.3, 0.4) is 0 Å². The summed E-state index contributed by atoms with van der Waals surface area (Å²) in [7, 11) is 0. The standard InChI is InChI=1S/C18H21N3O2S/c22-18(23)14-6-8-15(9-7-14)20-16-10-19-11-17(21-16)24-12-13-4-2-1-3-5-13/h1-5,10-11,14-15H,6-9,12H2,(H,20,21)(H,22,23). The van der Waals surface area contributed by atoms with E-state index in [1.54, 1.807) is 24.2 Å². The van der Waals surface area contributed by atoms with Crippen molar-refractivity contribution in [2.75, 3.05) is 5.32 Å². The van der Waals surface area contributed by atoms with Gasteiger partial charge in [0.2, 0.25) is 0 Å². The summed E-state index contributed by atoms with van der Waals surface area (Å²) in [5.74, 6) is 0.768. The smallest absolute Gasteiger partial charge is 0.306 e. The van der Waals surface area contributed by atoms with Crippen LogP contribution in [0.5, 0.6) is 0 Å². The number of aliphatic carboxylic acids is 1. The molecule has 1 aromatic heterocycles. The van der Waals surface area contributed by atoms with Crippen LogP contribution in [-0.2, 0) is 10.5 Å². The van der Waals surface area contributed by atoms with Crippen molar-refractivity contribution in [3.05, 3.63) is 48.3 Å². The number of nitrogens with zero attached hydrogens (tertiary/aromatic N) is 2.